The standard InChI is InChI=1S/C19H30N2/c1-14-11-16(12-15(2)20)7-8-19(14)21-10-9-17-5-3-4-6-18(17)13-21/h7-8,11,15,17-18H,3-6,9-10,12-13,20H2,1-2H3. The number of fused-ring (bicyclic) bond motifs is 1. The lowest BCUT2D eigenvalue weighted by Crippen LogP contribution is -2.42. The normalized spacial score (nSPS) is 27.3. The number of hydrogen-bond donors (Lipinski definition) is 1. The van der Waals surface area contributed by atoms with Crippen molar-refractivity contribution in [1.29, 1.82) is 0 Å². The molecule has 2 N–H and O–H groups in total. The molecule has 0 amide bonds. The number of anilines is 1. The molecule has 3 rings (SSSR count). The molecule has 1 saturated carbocycles. The van der Waals surface area contributed by atoms with Gasteiger partial charge < -0.3 is 10.6 Å². The molecule has 116 valence electrons. The summed E-state index contributed by atoms with van der Waals surface area (Å²) in [5.41, 5.74) is 10.2. The molecule has 1 aliphatic carbocycles. The average Bonchev–Trinajstić information content (AvgIpc) is 2.46. The van der Waals surface area contributed by atoms with Crippen LogP contribution in [0.2, 0.25) is 0 Å². The largest absolute Gasteiger partial charge is 0.371 e. The Labute approximate surface area is 129 Å². The first-order chi connectivity index (χ1) is 10.1. The highest BCUT2D eigenvalue weighted by atomic mass is 15.1. The van der Waals surface area contributed by atoms with E-state index in [-0.39, 0.29) is 6.04 Å². The minimum atomic E-state index is 0.244. The van der Waals surface area contributed by atoms with Crippen molar-refractivity contribution >= 4 is 5.69 Å². The van der Waals surface area contributed by atoms with Crippen molar-refractivity contribution in [2.45, 2.75) is 58.4 Å². The number of rotatable bonds is 3. The van der Waals surface area contributed by atoms with Gasteiger partial charge in [-0.3, -0.25) is 0 Å². The van der Waals surface area contributed by atoms with Gasteiger partial charge in [-0.2, -0.15) is 0 Å². The maximum absolute atomic E-state index is 5.92. The molecule has 1 saturated heterocycles. The van der Waals surface area contributed by atoms with Crippen LogP contribution in [0.3, 0.4) is 0 Å². The van der Waals surface area contributed by atoms with Gasteiger partial charge in [0, 0.05) is 24.8 Å². The van der Waals surface area contributed by atoms with E-state index in [1.807, 2.05) is 0 Å². The van der Waals surface area contributed by atoms with Crippen LogP contribution in [0.5, 0.6) is 0 Å². The van der Waals surface area contributed by atoms with Crippen LogP contribution in [0, 0.1) is 18.8 Å². The third-order valence-electron chi connectivity index (χ3n) is 5.45. The van der Waals surface area contributed by atoms with Crippen molar-refractivity contribution < 1.29 is 0 Å². The van der Waals surface area contributed by atoms with E-state index in [2.05, 4.69) is 36.9 Å². The molecule has 0 spiro atoms. The third kappa shape index (κ3) is 3.42. The molecule has 3 atom stereocenters. The summed E-state index contributed by atoms with van der Waals surface area (Å²) in [6.45, 7) is 6.86. The van der Waals surface area contributed by atoms with Gasteiger partial charge in [0.15, 0.2) is 0 Å². The summed E-state index contributed by atoms with van der Waals surface area (Å²) in [5.74, 6) is 1.95. The molecule has 1 aromatic rings. The fourth-order valence-electron chi connectivity index (χ4n) is 4.39. The fourth-order valence-corrected chi connectivity index (χ4v) is 4.39. The maximum Gasteiger partial charge on any atom is 0.0396 e. The molecule has 0 aromatic heterocycles. The van der Waals surface area contributed by atoms with Crippen LogP contribution in [0.1, 0.15) is 50.2 Å². The van der Waals surface area contributed by atoms with Crippen molar-refractivity contribution in [1.82, 2.24) is 0 Å². The molecular weight excluding hydrogens is 256 g/mol. The number of aryl methyl sites for hydroxylation is 1. The molecular formula is C19H30N2. The highest BCUT2D eigenvalue weighted by molar-refractivity contribution is 5.55. The van der Waals surface area contributed by atoms with E-state index in [0.29, 0.717) is 0 Å². The van der Waals surface area contributed by atoms with Crippen LogP contribution in [0.4, 0.5) is 5.69 Å². The smallest absolute Gasteiger partial charge is 0.0396 e. The molecule has 3 unspecified atom stereocenters. The predicted molar refractivity (Wildman–Crippen MR) is 90.8 cm³/mol. The van der Waals surface area contributed by atoms with Crippen molar-refractivity contribution in [3.05, 3.63) is 29.3 Å². The molecule has 1 aromatic carbocycles. The van der Waals surface area contributed by atoms with Crippen LogP contribution in [0.15, 0.2) is 18.2 Å². The molecule has 2 fully saturated rings. The van der Waals surface area contributed by atoms with E-state index in [9.17, 15) is 0 Å². The molecule has 1 aliphatic heterocycles. The van der Waals surface area contributed by atoms with Gasteiger partial charge in [0.1, 0.15) is 0 Å². The van der Waals surface area contributed by atoms with Gasteiger partial charge in [0.2, 0.25) is 0 Å². The Balaban J connectivity index is 1.71. The lowest BCUT2D eigenvalue weighted by Gasteiger charge is -2.42. The number of benzene rings is 1. The van der Waals surface area contributed by atoms with Gasteiger partial charge in [-0.25, -0.2) is 0 Å². The van der Waals surface area contributed by atoms with Gasteiger partial charge >= 0.3 is 0 Å². The van der Waals surface area contributed by atoms with Crippen LogP contribution >= 0.6 is 0 Å². The molecule has 1 heterocycles. The predicted octanol–water partition coefficient (Wildman–Crippen LogP) is 3.90. The van der Waals surface area contributed by atoms with Gasteiger partial charge in [0.05, 0.1) is 0 Å². The quantitative estimate of drug-likeness (QED) is 0.913. The zero-order chi connectivity index (χ0) is 14.8. The Morgan fingerprint density at radius 1 is 1.19 bits per heavy atom. The summed E-state index contributed by atoms with van der Waals surface area (Å²) >= 11 is 0. The molecule has 21 heavy (non-hydrogen) atoms. The Morgan fingerprint density at radius 3 is 2.67 bits per heavy atom. The summed E-state index contributed by atoms with van der Waals surface area (Å²) in [7, 11) is 0. The van der Waals surface area contributed by atoms with E-state index >= 15 is 0 Å². The van der Waals surface area contributed by atoms with Crippen molar-refractivity contribution in [3.63, 3.8) is 0 Å². The number of nitrogens with zero attached hydrogens (tertiary/aromatic N) is 1. The van der Waals surface area contributed by atoms with E-state index < -0.39 is 0 Å². The zero-order valence-corrected chi connectivity index (χ0v) is 13.6. The van der Waals surface area contributed by atoms with E-state index in [1.54, 1.807) is 0 Å². The Bertz CT molecular complexity index is 480. The van der Waals surface area contributed by atoms with Gasteiger partial charge in [-0.15, -0.1) is 0 Å². The summed E-state index contributed by atoms with van der Waals surface area (Å²) in [6, 6.07) is 7.19. The van der Waals surface area contributed by atoms with E-state index in [1.165, 1.54) is 62.0 Å². The number of piperidine rings is 1. The van der Waals surface area contributed by atoms with Gasteiger partial charge in [0.25, 0.3) is 0 Å². The lowest BCUT2D eigenvalue weighted by molar-refractivity contribution is 0.202. The van der Waals surface area contributed by atoms with Crippen molar-refractivity contribution in [2.75, 3.05) is 18.0 Å². The second-order valence-electron chi connectivity index (χ2n) is 7.34. The average molecular weight is 286 g/mol. The molecule has 2 heteroatoms. The number of nitrogens with two attached hydrogens (primary N) is 1. The minimum absolute atomic E-state index is 0.244. The Hall–Kier alpha value is -1.02. The van der Waals surface area contributed by atoms with Crippen LogP contribution in [-0.2, 0) is 6.42 Å². The summed E-state index contributed by atoms with van der Waals surface area (Å²) < 4.78 is 0. The highest BCUT2D eigenvalue weighted by Gasteiger charge is 2.31. The topological polar surface area (TPSA) is 29.3 Å². The van der Waals surface area contributed by atoms with Crippen LogP contribution in [0.25, 0.3) is 0 Å². The second-order valence-corrected chi connectivity index (χ2v) is 7.34. The molecule has 0 radical (unpaired) electrons. The van der Waals surface area contributed by atoms with Crippen molar-refractivity contribution in [3.8, 4) is 0 Å². The van der Waals surface area contributed by atoms with Gasteiger partial charge in [-0.05, 0) is 62.1 Å². The maximum atomic E-state index is 5.92. The van der Waals surface area contributed by atoms with Crippen molar-refractivity contribution in [2.24, 2.45) is 17.6 Å². The second kappa shape index (κ2) is 6.39. The first-order valence-corrected chi connectivity index (χ1v) is 8.73. The highest BCUT2D eigenvalue weighted by Crippen LogP contribution is 2.38. The monoisotopic (exact) mass is 286 g/mol. The Kier molecular flexibility index (Phi) is 4.54. The van der Waals surface area contributed by atoms with E-state index in [4.69, 9.17) is 5.73 Å². The lowest BCUT2D eigenvalue weighted by atomic mass is 9.75. The first-order valence-electron chi connectivity index (χ1n) is 8.73. The summed E-state index contributed by atoms with van der Waals surface area (Å²) in [6.07, 6.45) is 8.21. The minimum Gasteiger partial charge on any atom is -0.371 e. The Morgan fingerprint density at radius 2 is 1.95 bits per heavy atom. The van der Waals surface area contributed by atoms with Crippen LogP contribution < -0.4 is 10.6 Å². The first kappa shape index (κ1) is 14.9. The molecule has 2 aliphatic rings. The third-order valence-corrected chi connectivity index (χ3v) is 5.45. The molecule has 2 nitrogen and oxygen atoms in total. The summed E-state index contributed by atoms with van der Waals surface area (Å²) in [4.78, 5) is 2.64. The SMILES string of the molecule is Cc1cc(CC(C)N)ccc1N1CCC2CCCCC2C1. The van der Waals surface area contributed by atoms with Gasteiger partial charge in [-0.1, -0.05) is 31.4 Å². The zero-order valence-electron chi connectivity index (χ0n) is 13.6. The van der Waals surface area contributed by atoms with Crippen LogP contribution in [-0.4, -0.2) is 19.1 Å². The number of hydrogen-bond acceptors (Lipinski definition) is 2. The fraction of sp³-hybridized carbons (Fsp3) is 0.684. The van der Waals surface area contributed by atoms with E-state index in [0.717, 1.165) is 18.3 Å². The summed E-state index contributed by atoms with van der Waals surface area (Å²) in [5, 5.41) is 0. The molecule has 0 bridgehead atoms.